The van der Waals surface area contributed by atoms with Crippen molar-refractivity contribution in [1.82, 2.24) is 58.3 Å². The number of alkyl halides is 15. The van der Waals surface area contributed by atoms with E-state index in [0.717, 1.165) is 102 Å². The molecule has 0 amide bonds. The van der Waals surface area contributed by atoms with Crippen molar-refractivity contribution in [2.75, 3.05) is 79.4 Å². The van der Waals surface area contributed by atoms with Gasteiger partial charge in [0.2, 0.25) is 17.5 Å². The molecule has 0 atom stereocenters. The van der Waals surface area contributed by atoms with Gasteiger partial charge in [-0.05, 0) is 112 Å². The maximum absolute atomic E-state index is 10.6. The van der Waals surface area contributed by atoms with E-state index in [-0.39, 0.29) is 5.48 Å². The van der Waals surface area contributed by atoms with Gasteiger partial charge in [0.05, 0.1) is 96.5 Å². The van der Waals surface area contributed by atoms with Gasteiger partial charge in [-0.25, -0.2) is 38.9 Å². The number of pyridine rings is 9. The number of nitrogens with one attached hydrogen (secondary N) is 3. The van der Waals surface area contributed by atoms with Crippen molar-refractivity contribution in [2.24, 2.45) is 0 Å². The molecular weight excluding hydrogens is 1400 g/mol. The quantitative estimate of drug-likeness (QED) is 0.0491. The summed E-state index contributed by atoms with van der Waals surface area (Å²) in [4.78, 5) is 85.0. The van der Waals surface area contributed by atoms with Crippen LogP contribution in [0.3, 0.4) is 0 Å². The lowest BCUT2D eigenvalue weighted by molar-refractivity contribution is -0.193. The van der Waals surface area contributed by atoms with Crippen LogP contribution in [0.2, 0.25) is 0 Å². The number of hydrogen-bond donors (Lipinski definition) is 8. The number of aryl methyl sites for hydroxylation is 3. The molecule has 9 aromatic heterocycles. The van der Waals surface area contributed by atoms with E-state index in [2.05, 4.69) is 124 Å². The third-order valence-corrected chi connectivity index (χ3v) is 11.4. The standard InChI is InChI=1S/3C17H20N5.5C2HF3O2.H2O/c3*1-12-11-13(9-10-18-12)19-16-7-5-15-14(20-16)6-8-17(21-15)22(2,3)4;5*3-2(4,5)1(6)7;/h3*5-11H,1-4H3,(H,18,19,20);5*(H,6,7);1H2/q3*+1;;;;;;. The Kier molecular flexibility index (Phi) is 31.9. The molecule has 41 heteroatoms. The maximum atomic E-state index is 10.6. The maximum Gasteiger partial charge on any atom is 0.490 e. The fourth-order valence-electron chi connectivity index (χ4n) is 6.64. The number of quaternary nitrogens is 3. The second-order valence-corrected chi connectivity index (χ2v) is 22.7. The van der Waals surface area contributed by atoms with Gasteiger partial charge < -0.3 is 47.0 Å². The van der Waals surface area contributed by atoms with Gasteiger partial charge in [-0.15, -0.1) is 0 Å². The van der Waals surface area contributed by atoms with Crippen LogP contribution >= 0.6 is 0 Å². The number of carboxylic acids is 5. The van der Waals surface area contributed by atoms with E-state index in [4.69, 9.17) is 49.5 Å². The minimum absolute atomic E-state index is 0. The van der Waals surface area contributed by atoms with Crippen LogP contribution in [0, 0.1) is 20.8 Å². The van der Waals surface area contributed by atoms with Gasteiger partial charge in [-0.2, -0.15) is 80.8 Å². The number of fused-ring (bicyclic) bond motifs is 3. The molecular formula is C61H67F15N15O11+3. The van der Waals surface area contributed by atoms with Gasteiger partial charge in [0, 0.05) is 70.9 Å². The van der Waals surface area contributed by atoms with Gasteiger partial charge in [-0.3, -0.25) is 28.4 Å². The van der Waals surface area contributed by atoms with Gasteiger partial charge in [-0.1, -0.05) is 0 Å². The first kappa shape index (κ1) is 88.7. The predicted molar refractivity (Wildman–Crippen MR) is 346 cm³/mol. The van der Waals surface area contributed by atoms with Crippen molar-refractivity contribution in [1.29, 1.82) is 0 Å². The SMILES string of the molecule is Cc1cc(Nc2ccc3nc([N+](C)(C)C)ccc3n2)ccn1.Cc1cc(Nc2ccc3nc([N+](C)(C)C)ccc3n2)ccn1.Cc1cc(Nc2ccc3nc([N+](C)(C)C)ccc3n2)ccn1.O.O=C(O)C(F)(F)F.O=C(O)C(F)(F)F.O=C(O)C(F)(F)F.O=C(O)C(F)(F)F.O=C(O)C(F)(F)F. The summed E-state index contributed by atoms with van der Waals surface area (Å²) in [6.45, 7) is 5.90. The van der Waals surface area contributed by atoms with E-state index in [1.807, 2.05) is 130 Å². The molecule has 0 aliphatic carbocycles. The highest BCUT2D eigenvalue weighted by Gasteiger charge is 2.41. The van der Waals surface area contributed by atoms with Crippen molar-refractivity contribution in [3.8, 4) is 0 Å². The van der Waals surface area contributed by atoms with Crippen LogP contribution in [0.25, 0.3) is 33.1 Å². The van der Waals surface area contributed by atoms with Crippen LogP contribution in [0.1, 0.15) is 17.1 Å². The fourth-order valence-corrected chi connectivity index (χ4v) is 6.64. The van der Waals surface area contributed by atoms with E-state index < -0.39 is 60.7 Å². The highest BCUT2D eigenvalue weighted by molar-refractivity contribution is 5.81. The molecule has 0 bridgehead atoms. The number of rotatable bonds is 9. The van der Waals surface area contributed by atoms with Crippen LogP contribution in [-0.2, 0) is 24.0 Å². The fraction of sp³-hybridized carbons (Fsp3) is 0.279. The van der Waals surface area contributed by atoms with E-state index in [0.29, 0.717) is 13.4 Å². The number of aromatic nitrogens is 9. The lowest BCUT2D eigenvalue weighted by Crippen LogP contribution is -2.35. The monoisotopic (exact) mass is 1470 g/mol. The Morgan fingerprint density at radius 3 is 0.627 bits per heavy atom. The highest BCUT2D eigenvalue weighted by atomic mass is 19.4. The molecule has 0 unspecified atom stereocenters. The molecule has 0 fully saturated rings. The number of carbonyl (C=O) groups is 5. The summed E-state index contributed by atoms with van der Waals surface area (Å²) in [7, 11) is 18.9. The third-order valence-electron chi connectivity index (χ3n) is 11.4. The number of nitrogens with zero attached hydrogens (tertiary/aromatic N) is 12. The molecule has 0 aromatic carbocycles. The molecule has 9 heterocycles. The van der Waals surface area contributed by atoms with Crippen LogP contribution in [0.5, 0.6) is 0 Å². The second-order valence-electron chi connectivity index (χ2n) is 22.7. The van der Waals surface area contributed by atoms with E-state index in [1.54, 1.807) is 18.6 Å². The first-order valence-corrected chi connectivity index (χ1v) is 27.9. The Labute approximate surface area is 568 Å². The molecule has 10 N–H and O–H groups in total. The highest BCUT2D eigenvalue weighted by Crippen LogP contribution is 2.26. The Balaban J connectivity index is 0.000000620. The van der Waals surface area contributed by atoms with Gasteiger partial charge >= 0.3 is 60.7 Å². The average Bonchev–Trinajstić information content (AvgIpc) is 0.817. The summed E-state index contributed by atoms with van der Waals surface area (Å²) >= 11 is 0. The number of anilines is 6. The van der Waals surface area contributed by atoms with E-state index in [9.17, 15) is 65.9 Å². The summed E-state index contributed by atoms with van der Waals surface area (Å²) in [6, 6.07) is 35.7. The molecule has 0 spiro atoms. The van der Waals surface area contributed by atoms with E-state index >= 15 is 0 Å². The van der Waals surface area contributed by atoms with Gasteiger partial charge in [0.25, 0.3) is 0 Å². The molecule has 9 rings (SSSR count). The first-order valence-electron chi connectivity index (χ1n) is 27.9. The van der Waals surface area contributed by atoms with Gasteiger partial charge in [0.15, 0.2) is 0 Å². The smallest absolute Gasteiger partial charge is 0.475 e. The zero-order valence-corrected chi connectivity index (χ0v) is 55.4. The lowest BCUT2D eigenvalue weighted by atomic mass is 10.3. The van der Waals surface area contributed by atoms with Crippen molar-refractivity contribution >= 4 is 115 Å². The summed E-state index contributed by atoms with van der Waals surface area (Å²) in [5.74, 6) is -8.33. The van der Waals surface area contributed by atoms with Crippen molar-refractivity contribution in [3.63, 3.8) is 0 Å². The first-order chi connectivity index (χ1) is 46.0. The topological polar surface area (TPSA) is 370 Å². The number of carboxylic acid groups (broad SMARTS) is 5. The average molecular weight is 1470 g/mol. The number of halogens is 15. The summed E-state index contributed by atoms with van der Waals surface area (Å²) in [6.07, 6.45) is -20.1. The summed E-state index contributed by atoms with van der Waals surface area (Å²) in [5.41, 5.74) is 11.2. The molecule has 102 heavy (non-hydrogen) atoms. The minimum Gasteiger partial charge on any atom is -0.475 e. The molecule has 0 aliphatic rings. The van der Waals surface area contributed by atoms with Gasteiger partial charge in [0.1, 0.15) is 17.5 Å². The Morgan fingerprint density at radius 2 is 0.471 bits per heavy atom. The number of aliphatic carboxylic acids is 5. The van der Waals surface area contributed by atoms with Crippen LogP contribution < -0.4 is 29.4 Å². The third kappa shape index (κ3) is 32.6. The Bertz CT molecular complexity index is 3820. The lowest BCUT2D eigenvalue weighted by Gasteiger charge is -2.21. The van der Waals surface area contributed by atoms with Crippen LogP contribution in [0.15, 0.2) is 128 Å². The predicted octanol–water partition coefficient (Wildman–Crippen LogP) is 12.2. The molecule has 554 valence electrons. The summed E-state index contributed by atoms with van der Waals surface area (Å²) in [5, 5.41) is 45.5. The van der Waals surface area contributed by atoms with Crippen LogP contribution in [0.4, 0.5) is 118 Å². The summed E-state index contributed by atoms with van der Waals surface area (Å²) < 4.78 is 161. The molecule has 0 radical (unpaired) electrons. The molecule has 0 saturated heterocycles. The van der Waals surface area contributed by atoms with Crippen molar-refractivity contribution in [3.05, 3.63) is 145 Å². The Hall–Kier alpha value is -11.3. The van der Waals surface area contributed by atoms with Crippen molar-refractivity contribution < 1.29 is 121 Å². The zero-order valence-electron chi connectivity index (χ0n) is 55.4. The zero-order chi connectivity index (χ0) is 77.6. The molecule has 0 aliphatic heterocycles. The Morgan fingerprint density at radius 1 is 0.304 bits per heavy atom. The van der Waals surface area contributed by atoms with Crippen molar-refractivity contribution in [2.45, 2.75) is 51.7 Å². The second kappa shape index (κ2) is 36.7. The number of hydrogen-bond acceptors (Lipinski definition) is 17. The largest absolute Gasteiger partial charge is 0.490 e. The normalized spacial score (nSPS) is 11.4. The van der Waals surface area contributed by atoms with E-state index in [1.165, 1.54) is 0 Å². The van der Waals surface area contributed by atoms with Crippen LogP contribution in [-0.4, -0.2) is 200 Å². The minimum atomic E-state index is -5.08. The molecule has 26 nitrogen and oxygen atoms in total. The molecule has 9 aromatic rings. The molecule has 0 saturated carbocycles.